The third-order valence-corrected chi connectivity index (χ3v) is 4.19. The monoisotopic (exact) mass is 319 g/mol. The maximum Gasteiger partial charge on any atom is 0.130 e. The summed E-state index contributed by atoms with van der Waals surface area (Å²) in [5, 5.41) is 13.2. The smallest absolute Gasteiger partial charge is 0.130 e. The minimum Gasteiger partial charge on any atom is -0.507 e. The Balaban J connectivity index is 0.00000108. The average Bonchev–Trinajstić information content (AvgIpc) is 2.31. The highest BCUT2D eigenvalue weighted by atomic mass is 79.9. The summed E-state index contributed by atoms with van der Waals surface area (Å²) in [6.45, 7) is 2.86. The molecule has 0 bridgehead atoms. The topological polar surface area (TPSA) is 41.5 Å². The predicted octanol–water partition coefficient (Wildman–Crippen LogP) is 2.66. The van der Waals surface area contributed by atoms with Crippen molar-refractivity contribution in [3.8, 4) is 11.5 Å². The zero-order valence-corrected chi connectivity index (χ0v) is 11.7. The number of nitrogens with one attached hydrogen (secondary N) is 1. The molecule has 17 heavy (non-hydrogen) atoms. The van der Waals surface area contributed by atoms with E-state index < -0.39 is 0 Å². The molecule has 2 heterocycles. The largest absolute Gasteiger partial charge is 0.507 e. The average molecular weight is 321 g/mol. The van der Waals surface area contributed by atoms with Gasteiger partial charge in [-0.25, -0.2) is 0 Å². The molecule has 0 amide bonds. The Morgan fingerprint density at radius 3 is 3.06 bits per heavy atom. The number of hydrogen-bond donors (Lipinski definition) is 2. The van der Waals surface area contributed by atoms with E-state index in [2.05, 4.69) is 21.2 Å². The van der Waals surface area contributed by atoms with Gasteiger partial charge in [0.1, 0.15) is 11.5 Å². The maximum absolute atomic E-state index is 9.74. The van der Waals surface area contributed by atoms with Crippen LogP contribution >= 0.6 is 28.3 Å². The first-order valence-electron chi connectivity index (χ1n) is 5.61. The molecule has 1 aromatic rings. The third-order valence-electron chi connectivity index (χ3n) is 3.56. The normalized spacial score (nSPS) is 26.2. The highest BCUT2D eigenvalue weighted by molar-refractivity contribution is 9.10. The first-order valence-corrected chi connectivity index (χ1v) is 6.41. The lowest BCUT2D eigenvalue weighted by Gasteiger charge is -2.37. The van der Waals surface area contributed by atoms with Crippen LogP contribution in [0.4, 0.5) is 0 Å². The number of halogens is 2. The summed E-state index contributed by atoms with van der Waals surface area (Å²) in [4.78, 5) is 0. The second-order valence-corrected chi connectivity index (χ2v) is 5.37. The zero-order chi connectivity index (χ0) is 11.1. The lowest BCUT2D eigenvalue weighted by molar-refractivity contribution is 0.164. The van der Waals surface area contributed by atoms with Crippen LogP contribution in [0.15, 0.2) is 16.6 Å². The van der Waals surface area contributed by atoms with E-state index in [1.165, 1.54) is 0 Å². The van der Waals surface area contributed by atoms with E-state index in [-0.39, 0.29) is 12.4 Å². The van der Waals surface area contributed by atoms with Crippen LogP contribution < -0.4 is 10.1 Å². The summed E-state index contributed by atoms with van der Waals surface area (Å²) < 4.78 is 6.46. The summed E-state index contributed by atoms with van der Waals surface area (Å²) in [5.74, 6) is 2.29. The van der Waals surface area contributed by atoms with Crippen LogP contribution in [0, 0.1) is 5.92 Å². The van der Waals surface area contributed by atoms with E-state index in [4.69, 9.17) is 4.74 Å². The van der Waals surface area contributed by atoms with Crippen LogP contribution in [-0.2, 0) is 0 Å². The van der Waals surface area contributed by atoms with Gasteiger partial charge in [0.25, 0.3) is 0 Å². The summed E-state index contributed by atoms with van der Waals surface area (Å²) in [6, 6.07) is 3.71. The van der Waals surface area contributed by atoms with Gasteiger partial charge in [-0.1, -0.05) is 0 Å². The molecule has 0 saturated carbocycles. The number of hydrogen-bond acceptors (Lipinski definition) is 3. The van der Waals surface area contributed by atoms with Gasteiger partial charge in [0.05, 0.1) is 11.1 Å². The number of fused-ring (bicyclic) bond motifs is 3. The maximum atomic E-state index is 9.74. The molecule has 94 valence electrons. The van der Waals surface area contributed by atoms with Crippen molar-refractivity contribution in [2.75, 3.05) is 19.7 Å². The molecule has 3 nitrogen and oxygen atoms in total. The summed E-state index contributed by atoms with van der Waals surface area (Å²) in [6.07, 6.45) is 1.15. The fourth-order valence-corrected chi connectivity index (χ4v) is 2.97. The van der Waals surface area contributed by atoms with E-state index in [0.717, 1.165) is 37.4 Å². The van der Waals surface area contributed by atoms with Gasteiger partial charge in [0.15, 0.2) is 0 Å². The van der Waals surface area contributed by atoms with E-state index in [1.807, 2.05) is 12.1 Å². The zero-order valence-electron chi connectivity index (χ0n) is 9.28. The minimum atomic E-state index is 0. The SMILES string of the molecule is Cl.Oc1cc2c(cc1Br)OC[C@@H]1CCNC[C@H]21. The Morgan fingerprint density at radius 2 is 2.24 bits per heavy atom. The fraction of sp³-hybridized carbons (Fsp3) is 0.500. The molecule has 3 rings (SSSR count). The van der Waals surface area contributed by atoms with Gasteiger partial charge in [0.2, 0.25) is 0 Å². The van der Waals surface area contributed by atoms with Crippen molar-refractivity contribution in [1.29, 1.82) is 0 Å². The molecule has 0 aromatic heterocycles. The molecule has 1 aromatic carbocycles. The van der Waals surface area contributed by atoms with Crippen LogP contribution in [-0.4, -0.2) is 24.8 Å². The third kappa shape index (κ3) is 2.26. The van der Waals surface area contributed by atoms with Gasteiger partial charge >= 0.3 is 0 Å². The molecule has 1 saturated heterocycles. The fourth-order valence-electron chi connectivity index (χ4n) is 2.65. The van der Waals surface area contributed by atoms with E-state index >= 15 is 0 Å². The molecule has 2 aliphatic rings. The van der Waals surface area contributed by atoms with Gasteiger partial charge in [0, 0.05) is 23.9 Å². The van der Waals surface area contributed by atoms with Crippen molar-refractivity contribution in [1.82, 2.24) is 5.32 Å². The van der Waals surface area contributed by atoms with Crippen molar-refractivity contribution >= 4 is 28.3 Å². The number of ether oxygens (including phenoxy) is 1. The standard InChI is InChI=1S/C12H14BrNO2.ClH/c13-10-4-12-8(3-11(10)15)9-5-14-2-1-7(9)6-16-12;/h3-4,7,9,14-15H,1-2,5-6H2;1H/t7-,9-;/m0./s1. The molecule has 0 spiro atoms. The number of phenols is 1. The Bertz CT molecular complexity index is 427. The Morgan fingerprint density at radius 1 is 1.41 bits per heavy atom. The molecule has 1 fully saturated rings. The van der Waals surface area contributed by atoms with E-state index in [1.54, 1.807) is 0 Å². The number of benzene rings is 1. The van der Waals surface area contributed by atoms with Crippen molar-refractivity contribution in [2.24, 2.45) is 5.92 Å². The van der Waals surface area contributed by atoms with Crippen LogP contribution in [0.2, 0.25) is 0 Å². The Kier molecular flexibility index (Phi) is 3.85. The number of phenolic OH excluding ortho intramolecular Hbond substituents is 1. The summed E-state index contributed by atoms with van der Waals surface area (Å²) >= 11 is 3.32. The van der Waals surface area contributed by atoms with E-state index in [9.17, 15) is 5.11 Å². The molecule has 2 N–H and O–H groups in total. The summed E-state index contributed by atoms with van der Waals surface area (Å²) in [7, 11) is 0. The molecule has 0 unspecified atom stereocenters. The van der Waals surface area contributed by atoms with Gasteiger partial charge in [-0.05, 0) is 41.0 Å². The van der Waals surface area contributed by atoms with Gasteiger partial charge in [-0.3, -0.25) is 0 Å². The van der Waals surface area contributed by atoms with Crippen LogP contribution in [0.3, 0.4) is 0 Å². The molecule has 0 aliphatic carbocycles. The highest BCUT2D eigenvalue weighted by Crippen LogP contribution is 2.43. The first-order chi connectivity index (χ1) is 7.75. The van der Waals surface area contributed by atoms with Crippen molar-refractivity contribution in [3.63, 3.8) is 0 Å². The minimum absolute atomic E-state index is 0. The van der Waals surface area contributed by atoms with Crippen LogP contribution in [0.25, 0.3) is 0 Å². The van der Waals surface area contributed by atoms with Crippen LogP contribution in [0.5, 0.6) is 11.5 Å². The lowest BCUT2D eigenvalue weighted by Crippen LogP contribution is -2.40. The predicted molar refractivity (Wildman–Crippen MR) is 72.3 cm³/mol. The molecule has 0 radical (unpaired) electrons. The van der Waals surface area contributed by atoms with Gasteiger partial charge in [-0.15, -0.1) is 12.4 Å². The number of aromatic hydroxyl groups is 1. The summed E-state index contributed by atoms with van der Waals surface area (Å²) in [5.41, 5.74) is 1.14. The molecular weight excluding hydrogens is 305 g/mol. The van der Waals surface area contributed by atoms with Crippen molar-refractivity contribution in [3.05, 3.63) is 22.2 Å². The Hall–Kier alpha value is -0.450. The first kappa shape index (κ1) is 13.0. The second kappa shape index (κ2) is 5.04. The molecular formula is C12H15BrClNO2. The quantitative estimate of drug-likeness (QED) is 0.772. The molecule has 2 atom stereocenters. The number of piperidine rings is 1. The van der Waals surface area contributed by atoms with Gasteiger partial charge < -0.3 is 15.2 Å². The second-order valence-electron chi connectivity index (χ2n) is 4.51. The molecule has 5 heteroatoms. The van der Waals surface area contributed by atoms with Crippen LogP contribution in [0.1, 0.15) is 17.9 Å². The van der Waals surface area contributed by atoms with E-state index in [0.29, 0.717) is 22.1 Å². The number of rotatable bonds is 0. The van der Waals surface area contributed by atoms with Crippen molar-refractivity contribution < 1.29 is 9.84 Å². The highest BCUT2D eigenvalue weighted by Gasteiger charge is 2.33. The Labute approximate surface area is 115 Å². The van der Waals surface area contributed by atoms with Gasteiger partial charge in [-0.2, -0.15) is 0 Å². The lowest BCUT2D eigenvalue weighted by atomic mass is 9.80. The molecule has 2 aliphatic heterocycles. The van der Waals surface area contributed by atoms with Crippen molar-refractivity contribution in [2.45, 2.75) is 12.3 Å².